The largest absolute Gasteiger partial charge is 0.396 e. The van der Waals surface area contributed by atoms with Crippen LogP contribution in [0.15, 0.2) is 15.9 Å². The summed E-state index contributed by atoms with van der Waals surface area (Å²) in [5.74, 6) is 0. The quantitative estimate of drug-likeness (QED) is 0.687. The lowest BCUT2D eigenvalue weighted by Gasteiger charge is -2.03. The Hall–Kier alpha value is 0.1000. The fourth-order valence-corrected chi connectivity index (χ4v) is 3.02. The number of hydrogen-bond donors (Lipinski definition) is 2. The van der Waals surface area contributed by atoms with E-state index in [-0.39, 0.29) is 0 Å². The second-order valence-electron chi connectivity index (χ2n) is 3.84. The normalized spacial score (nSPS) is 10.9. The van der Waals surface area contributed by atoms with Gasteiger partial charge in [0.1, 0.15) is 0 Å². The molecule has 0 bridgehead atoms. The number of halogens is 1. The van der Waals surface area contributed by atoms with E-state index >= 15 is 0 Å². The van der Waals surface area contributed by atoms with Crippen LogP contribution in [0, 0.1) is 0 Å². The molecule has 0 amide bonds. The lowest BCUT2D eigenvalue weighted by Crippen LogP contribution is -2.18. The molecule has 0 unspecified atom stereocenters. The van der Waals surface area contributed by atoms with Crippen LogP contribution in [-0.4, -0.2) is 24.8 Å². The van der Waals surface area contributed by atoms with Crippen LogP contribution in [0.1, 0.15) is 30.6 Å². The lowest BCUT2D eigenvalue weighted by molar-refractivity contribution is 0.282. The lowest BCUT2D eigenvalue weighted by atomic mass is 10.2. The molecule has 0 spiro atoms. The summed E-state index contributed by atoms with van der Waals surface area (Å²) in [6.07, 6.45) is 5.65. The first-order valence-corrected chi connectivity index (χ1v) is 7.49. The molecule has 1 rings (SSSR count). The number of rotatable bonds is 9. The predicted octanol–water partition coefficient (Wildman–Crippen LogP) is 3.20. The summed E-state index contributed by atoms with van der Waals surface area (Å²) in [7, 11) is 0. The Labute approximate surface area is 110 Å². The zero-order valence-electron chi connectivity index (χ0n) is 9.54. The van der Waals surface area contributed by atoms with Gasteiger partial charge in [-0.1, -0.05) is 12.8 Å². The molecule has 0 fully saturated rings. The minimum absolute atomic E-state index is 0.334. The number of unbranched alkanes of at least 4 members (excludes halogenated alkanes) is 3. The maximum Gasteiger partial charge on any atom is 0.0701 e. The van der Waals surface area contributed by atoms with Gasteiger partial charge in [0.05, 0.1) is 3.79 Å². The van der Waals surface area contributed by atoms with E-state index in [1.165, 1.54) is 21.5 Å². The molecule has 1 heterocycles. The topological polar surface area (TPSA) is 32.3 Å². The standard InChI is InChI=1S/C12H20BrNOS/c13-12-6-5-11(16-12)7-9-14-8-3-1-2-4-10-15/h5-6,14-15H,1-4,7-10H2. The van der Waals surface area contributed by atoms with Gasteiger partial charge in [0.15, 0.2) is 0 Å². The monoisotopic (exact) mass is 305 g/mol. The molecule has 0 aliphatic heterocycles. The summed E-state index contributed by atoms with van der Waals surface area (Å²) in [5.41, 5.74) is 0. The molecule has 0 radical (unpaired) electrons. The first kappa shape index (κ1) is 14.2. The van der Waals surface area contributed by atoms with Crippen LogP contribution < -0.4 is 5.32 Å². The van der Waals surface area contributed by atoms with Gasteiger partial charge in [-0.25, -0.2) is 0 Å². The molecule has 0 saturated heterocycles. The first-order valence-electron chi connectivity index (χ1n) is 5.88. The Morgan fingerprint density at radius 1 is 1.12 bits per heavy atom. The van der Waals surface area contributed by atoms with Gasteiger partial charge in [-0.3, -0.25) is 0 Å². The summed E-state index contributed by atoms with van der Waals surface area (Å²) in [6, 6.07) is 4.28. The van der Waals surface area contributed by atoms with Crippen molar-refractivity contribution in [3.63, 3.8) is 0 Å². The number of hydrogen-bond acceptors (Lipinski definition) is 3. The fourth-order valence-electron chi connectivity index (χ4n) is 1.54. The fraction of sp³-hybridized carbons (Fsp3) is 0.667. The van der Waals surface area contributed by atoms with Crippen molar-refractivity contribution in [2.75, 3.05) is 19.7 Å². The van der Waals surface area contributed by atoms with Gasteiger partial charge in [-0.2, -0.15) is 0 Å². The maximum atomic E-state index is 8.62. The molecule has 1 aromatic rings. The predicted molar refractivity (Wildman–Crippen MR) is 74.1 cm³/mol. The highest BCUT2D eigenvalue weighted by atomic mass is 79.9. The molecular weight excluding hydrogens is 286 g/mol. The molecule has 0 saturated carbocycles. The molecule has 2 N–H and O–H groups in total. The molecule has 16 heavy (non-hydrogen) atoms. The van der Waals surface area contributed by atoms with Gasteiger partial charge in [-0.05, 0) is 60.4 Å². The van der Waals surface area contributed by atoms with Crippen molar-refractivity contribution < 1.29 is 5.11 Å². The molecule has 0 aliphatic carbocycles. The highest BCUT2D eigenvalue weighted by molar-refractivity contribution is 9.11. The van der Waals surface area contributed by atoms with Crippen molar-refractivity contribution in [1.82, 2.24) is 5.32 Å². The molecule has 4 heteroatoms. The average molecular weight is 306 g/mol. The average Bonchev–Trinajstić information content (AvgIpc) is 2.68. The SMILES string of the molecule is OCCCCCCNCCc1ccc(Br)s1. The second-order valence-corrected chi connectivity index (χ2v) is 6.39. The van der Waals surface area contributed by atoms with Crippen LogP contribution >= 0.6 is 27.3 Å². The van der Waals surface area contributed by atoms with Crippen LogP contribution in [0.3, 0.4) is 0 Å². The second kappa shape index (κ2) is 9.16. The Balaban J connectivity index is 1.88. The van der Waals surface area contributed by atoms with E-state index in [0.717, 1.165) is 32.4 Å². The van der Waals surface area contributed by atoms with E-state index in [2.05, 4.69) is 33.4 Å². The molecule has 92 valence electrons. The molecule has 1 aromatic heterocycles. The van der Waals surface area contributed by atoms with Crippen molar-refractivity contribution in [1.29, 1.82) is 0 Å². The number of aliphatic hydroxyl groups is 1. The maximum absolute atomic E-state index is 8.62. The van der Waals surface area contributed by atoms with E-state index in [9.17, 15) is 0 Å². The van der Waals surface area contributed by atoms with Crippen LogP contribution in [0.25, 0.3) is 0 Å². The Morgan fingerprint density at radius 3 is 2.62 bits per heavy atom. The molecule has 0 aliphatic rings. The number of nitrogens with one attached hydrogen (secondary N) is 1. The van der Waals surface area contributed by atoms with Gasteiger partial charge in [0, 0.05) is 11.5 Å². The van der Waals surface area contributed by atoms with Gasteiger partial charge in [0.25, 0.3) is 0 Å². The van der Waals surface area contributed by atoms with Crippen molar-refractivity contribution in [3.8, 4) is 0 Å². The minimum Gasteiger partial charge on any atom is -0.396 e. The summed E-state index contributed by atoms with van der Waals surface area (Å²) in [4.78, 5) is 1.43. The van der Waals surface area contributed by atoms with Gasteiger partial charge in [-0.15, -0.1) is 11.3 Å². The van der Waals surface area contributed by atoms with Crippen LogP contribution in [0.4, 0.5) is 0 Å². The van der Waals surface area contributed by atoms with Crippen molar-refractivity contribution in [3.05, 3.63) is 20.8 Å². The van der Waals surface area contributed by atoms with Gasteiger partial charge < -0.3 is 10.4 Å². The van der Waals surface area contributed by atoms with E-state index in [1.54, 1.807) is 0 Å². The molecule has 0 atom stereocenters. The zero-order chi connectivity index (χ0) is 11.6. The minimum atomic E-state index is 0.334. The van der Waals surface area contributed by atoms with Crippen LogP contribution in [-0.2, 0) is 6.42 Å². The van der Waals surface area contributed by atoms with Crippen molar-refractivity contribution in [2.45, 2.75) is 32.1 Å². The van der Waals surface area contributed by atoms with E-state index < -0.39 is 0 Å². The third kappa shape index (κ3) is 6.63. The van der Waals surface area contributed by atoms with E-state index in [0.29, 0.717) is 6.61 Å². The van der Waals surface area contributed by atoms with Crippen LogP contribution in [0.5, 0.6) is 0 Å². The highest BCUT2D eigenvalue weighted by Gasteiger charge is 1.96. The van der Waals surface area contributed by atoms with E-state index in [1.807, 2.05) is 11.3 Å². The summed E-state index contributed by atoms with van der Waals surface area (Å²) >= 11 is 5.28. The Morgan fingerprint density at radius 2 is 1.94 bits per heavy atom. The molecule has 2 nitrogen and oxygen atoms in total. The summed E-state index contributed by atoms with van der Waals surface area (Å²) < 4.78 is 1.21. The zero-order valence-corrected chi connectivity index (χ0v) is 11.9. The van der Waals surface area contributed by atoms with E-state index in [4.69, 9.17) is 5.11 Å². The third-order valence-electron chi connectivity index (χ3n) is 2.44. The molecular formula is C12H20BrNOS. The molecule has 0 aromatic carbocycles. The van der Waals surface area contributed by atoms with Gasteiger partial charge in [0.2, 0.25) is 0 Å². The van der Waals surface area contributed by atoms with Crippen LogP contribution in [0.2, 0.25) is 0 Å². The third-order valence-corrected chi connectivity index (χ3v) is 4.12. The number of thiophene rings is 1. The summed E-state index contributed by atoms with van der Waals surface area (Å²) in [5, 5.41) is 12.1. The van der Waals surface area contributed by atoms with Crippen molar-refractivity contribution >= 4 is 27.3 Å². The Bertz CT molecular complexity index is 278. The number of aliphatic hydroxyl groups excluding tert-OH is 1. The highest BCUT2D eigenvalue weighted by Crippen LogP contribution is 2.21. The Kier molecular flexibility index (Phi) is 8.11. The summed E-state index contributed by atoms with van der Waals surface area (Å²) in [6.45, 7) is 2.49. The first-order chi connectivity index (χ1) is 7.83. The smallest absolute Gasteiger partial charge is 0.0701 e. The van der Waals surface area contributed by atoms with Crippen molar-refractivity contribution in [2.24, 2.45) is 0 Å². The van der Waals surface area contributed by atoms with Gasteiger partial charge >= 0.3 is 0 Å².